The van der Waals surface area contributed by atoms with Crippen molar-refractivity contribution >= 4 is 5.71 Å². The molecule has 0 radical (unpaired) electrons. The fraction of sp³-hybridized carbons (Fsp3) is 0.261. The zero-order valence-corrected chi connectivity index (χ0v) is 14.7. The van der Waals surface area contributed by atoms with Crippen LogP contribution in [-0.4, -0.2) is 5.71 Å². The highest BCUT2D eigenvalue weighted by Crippen LogP contribution is 2.42. The van der Waals surface area contributed by atoms with Crippen LogP contribution in [0.15, 0.2) is 99.6 Å². The number of fused-ring (bicyclic) bond motifs is 3. The molecule has 0 aromatic carbocycles. The largest absolute Gasteiger partial charge is 0.256 e. The Labute approximate surface area is 148 Å². The van der Waals surface area contributed by atoms with E-state index in [9.17, 15) is 4.39 Å². The molecule has 0 bridgehead atoms. The summed E-state index contributed by atoms with van der Waals surface area (Å²) in [4.78, 5) is 4.69. The molecule has 0 N–H and O–H groups in total. The molecule has 2 heteroatoms. The number of hydrogen-bond donors (Lipinski definition) is 0. The molecule has 0 saturated carbocycles. The maximum Gasteiger partial charge on any atom is 0.127 e. The second-order valence-corrected chi connectivity index (χ2v) is 7.09. The average Bonchev–Trinajstić information content (AvgIpc) is 2.59. The molecule has 4 rings (SSSR count). The van der Waals surface area contributed by atoms with E-state index in [4.69, 9.17) is 4.99 Å². The lowest BCUT2D eigenvalue weighted by Gasteiger charge is -2.33. The van der Waals surface area contributed by atoms with Crippen LogP contribution in [0, 0.1) is 11.8 Å². The van der Waals surface area contributed by atoms with Crippen molar-refractivity contribution in [1.82, 2.24) is 0 Å². The summed E-state index contributed by atoms with van der Waals surface area (Å²) >= 11 is 0. The number of nitrogens with zero attached hydrogens (tertiary/aromatic N) is 1. The van der Waals surface area contributed by atoms with E-state index in [1.54, 1.807) is 6.08 Å². The van der Waals surface area contributed by atoms with Crippen molar-refractivity contribution < 1.29 is 4.39 Å². The third kappa shape index (κ3) is 2.97. The van der Waals surface area contributed by atoms with E-state index >= 15 is 0 Å². The van der Waals surface area contributed by atoms with Gasteiger partial charge < -0.3 is 0 Å². The van der Waals surface area contributed by atoms with Crippen LogP contribution >= 0.6 is 0 Å². The predicted molar refractivity (Wildman–Crippen MR) is 103 cm³/mol. The first kappa shape index (κ1) is 16.0. The van der Waals surface area contributed by atoms with E-state index in [0.29, 0.717) is 0 Å². The molecular weight excluding hydrogens is 309 g/mol. The van der Waals surface area contributed by atoms with Crippen LogP contribution in [0.3, 0.4) is 0 Å². The minimum absolute atomic E-state index is 0.0631. The molecule has 1 nitrogen and oxygen atoms in total. The van der Waals surface area contributed by atoms with Gasteiger partial charge in [0.05, 0.1) is 5.71 Å². The number of aliphatic imine (C=N–C) groups is 1. The van der Waals surface area contributed by atoms with Gasteiger partial charge in [0.15, 0.2) is 0 Å². The molecule has 2 unspecified atom stereocenters. The van der Waals surface area contributed by atoms with Crippen LogP contribution in [-0.2, 0) is 0 Å². The standard InChI is InChI=1S/C23H22FN/c1-15-5-3-6-17(14-16(2)13-15)23-21-10-9-20-18(7-4-8-22(20)24)19(21)11-12-25-23/h4,6-14,18-19H,3,5H2,1-2H3/b15-13?,16-14?,17-6+. The van der Waals surface area contributed by atoms with E-state index in [-0.39, 0.29) is 17.7 Å². The second kappa shape index (κ2) is 6.44. The molecule has 0 fully saturated rings. The SMILES string of the molecule is CC1=C/C(C2=NC=CC3C2=CC=C2C(F)=CC=CC23)=C\CCC(C)=C1. The van der Waals surface area contributed by atoms with Gasteiger partial charge in [-0.05, 0) is 49.5 Å². The molecule has 0 aromatic rings. The molecule has 0 aromatic heterocycles. The average molecular weight is 331 g/mol. The molecule has 25 heavy (non-hydrogen) atoms. The van der Waals surface area contributed by atoms with Crippen LogP contribution in [0.2, 0.25) is 0 Å². The van der Waals surface area contributed by atoms with E-state index in [0.717, 1.165) is 24.1 Å². The van der Waals surface area contributed by atoms with Crippen molar-refractivity contribution in [1.29, 1.82) is 0 Å². The summed E-state index contributed by atoms with van der Waals surface area (Å²) in [5, 5.41) is 0. The Morgan fingerprint density at radius 1 is 1.00 bits per heavy atom. The molecular formula is C23H22FN. The van der Waals surface area contributed by atoms with Gasteiger partial charge in [-0.2, -0.15) is 0 Å². The Hall–Kier alpha value is -2.48. The van der Waals surface area contributed by atoms with Gasteiger partial charge in [0, 0.05) is 18.0 Å². The minimum Gasteiger partial charge on any atom is -0.256 e. The molecule has 0 spiro atoms. The number of hydrogen-bond acceptors (Lipinski definition) is 1. The van der Waals surface area contributed by atoms with Crippen LogP contribution in [0.4, 0.5) is 4.39 Å². The lowest BCUT2D eigenvalue weighted by atomic mass is 9.72. The molecule has 1 heterocycles. The molecule has 0 amide bonds. The highest BCUT2D eigenvalue weighted by Gasteiger charge is 2.34. The van der Waals surface area contributed by atoms with Gasteiger partial charge in [-0.3, -0.25) is 4.99 Å². The summed E-state index contributed by atoms with van der Waals surface area (Å²) in [7, 11) is 0. The normalized spacial score (nSPS) is 30.1. The van der Waals surface area contributed by atoms with Gasteiger partial charge in [0.2, 0.25) is 0 Å². The Morgan fingerprint density at radius 2 is 1.80 bits per heavy atom. The monoisotopic (exact) mass is 331 g/mol. The quantitative estimate of drug-likeness (QED) is 0.551. The van der Waals surface area contributed by atoms with E-state index in [1.165, 1.54) is 22.3 Å². The summed E-state index contributed by atoms with van der Waals surface area (Å²) in [5.74, 6) is 0.0930. The van der Waals surface area contributed by atoms with Crippen molar-refractivity contribution in [3.05, 3.63) is 94.6 Å². The Balaban J connectivity index is 1.75. The van der Waals surface area contributed by atoms with Gasteiger partial charge in [0.1, 0.15) is 5.83 Å². The number of halogens is 1. The Kier molecular flexibility index (Phi) is 4.12. The van der Waals surface area contributed by atoms with Gasteiger partial charge in [0.25, 0.3) is 0 Å². The van der Waals surface area contributed by atoms with Gasteiger partial charge in [-0.25, -0.2) is 4.39 Å². The van der Waals surface area contributed by atoms with E-state index in [1.807, 2.05) is 18.4 Å². The first-order valence-corrected chi connectivity index (χ1v) is 8.90. The van der Waals surface area contributed by atoms with Gasteiger partial charge in [-0.15, -0.1) is 0 Å². The minimum atomic E-state index is -0.123. The highest BCUT2D eigenvalue weighted by molar-refractivity contribution is 6.16. The summed E-state index contributed by atoms with van der Waals surface area (Å²) in [6.45, 7) is 4.32. The maximum atomic E-state index is 14.1. The first-order chi connectivity index (χ1) is 12.1. The van der Waals surface area contributed by atoms with Crippen LogP contribution in [0.25, 0.3) is 0 Å². The van der Waals surface area contributed by atoms with Crippen LogP contribution < -0.4 is 0 Å². The smallest absolute Gasteiger partial charge is 0.127 e. The summed E-state index contributed by atoms with van der Waals surface area (Å²) < 4.78 is 14.1. The number of allylic oxidation sites excluding steroid dienone is 15. The molecule has 3 aliphatic carbocycles. The molecule has 4 aliphatic rings. The van der Waals surface area contributed by atoms with Crippen molar-refractivity contribution in [2.45, 2.75) is 26.7 Å². The Bertz CT molecular complexity index is 881. The lowest BCUT2D eigenvalue weighted by Crippen LogP contribution is -2.27. The van der Waals surface area contributed by atoms with Crippen LogP contribution in [0.1, 0.15) is 26.7 Å². The van der Waals surface area contributed by atoms with E-state index < -0.39 is 0 Å². The topological polar surface area (TPSA) is 12.4 Å². The molecule has 2 atom stereocenters. The fourth-order valence-corrected chi connectivity index (χ4v) is 4.02. The lowest BCUT2D eigenvalue weighted by molar-refractivity contribution is 0.550. The number of rotatable bonds is 1. The van der Waals surface area contributed by atoms with Crippen LogP contribution in [0.5, 0.6) is 0 Å². The first-order valence-electron chi connectivity index (χ1n) is 8.90. The predicted octanol–water partition coefficient (Wildman–Crippen LogP) is 6.09. The summed E-state index contributed by atoms with van der Waals surface area (Å²) in [6.07, 6.45) is 22.3. The third-order valence-electron chi connectivity index (χ3n) is 5.19. The van der Waals surface area contributed by atoms with Crippen molar-refractivity contribution in [3.8, 4) is 0 Å². The van der Waals surface area contributed by atoms with Gasteiger partial charge in [-0.1, -0.05) is 59.8 Å². The second-order valence-electron chi connectivity index (χ2n) is 7.09. The van der Waals surface area contributed by atoms with Crippen molar-refractivity contribution in [3.63, 3.8) is 0 Å². The van der Waals surface area contributed by atoms with E-state index in [2.05, 4.69) is 50.3 Å². The van der Waals surface area contributed by atoms with Crippen molar-refractivity contribution in [2.24, 2.45) is 16.8 Å². The molecule has 1 aliphatic heterocycles. The molecule has 126 valence electrons. The summed E-state index contributed by atoms with van der Waals surface area (Å²) in [5.41, 5.74) is 6.82. The molecule has 0 saturated heterocycles. The van der Waals surface area contributed by atoms with Crippen molar-refractivity contribution in [2.75, 3.05) is 0 Å². The fourth-order valence-electron chi connectivity index (χ4n) is 4.02. The highest BCUT2D eigenvalue weighted by atomic mass is 19.1. The third-order valence-corrected chi connectivity index (χ3v) is 5.19. The maximum absolute atomic E-state index is 14.1. The zero-order chi connectivity index (χ0) is 17.4. The van der Waals surface area contributed by atoms with Gasteiger partial charge >= 0.3 is 0 Å². The zero-order valence-electron chi connectivity index (χ0n) is 14.7. The Morgan fingerprint density at radius 3 is 2.68 bits per heavy atom. The summed E-state index contributed by atoms with van der Waals surface area (Å²) in [6, 6.07) is 0.